The van der Waals surface area contributed by atoms with Crippen molar-refractivity contribution in [1.82, 2.24) is 0 Å². The average molecular weight is 461 g/mol. The zero-order chi connectivity index (χ0) is 24.6. The summed E-state index contributed by atoms with van der Waals surface area (Å²) in [4.78, 5) is 0. The molecule has 0 bridgehead atoms. The summed E-state index contributed by atoms with van der Waals surface area (Å²) in [6.07, 6.45) is 0. The Balaban J connectivity index is 1.75. The van der Waals surface area contributed by atoms with E-state index in [1.807, 2.05) is 0 Å². The van der Waals surface area contributed by atoms with Crippen LogP contribution >= 0.6 is 0 Å². The summed E-state index contributed by atoms with van der Waals surface area (Å²) in [6, 6.07) is 36.6. The fraction of sp³-hybridized carbons (Fsp3) is 0.111. The first-order valence-corrected chi connectivity index (χ1v) is 12.8. The zero-order valence-electron chi connectivity index (χ0n) is 21.2. The van der Waals surface area contributed by atoms with Crippen LogP contribution in [0.15, 0.2) is 97.1 Å². The minimum atomic E-state index is 1.28. The van der Waals surface area contributed by atoms with Crippen LogP contribution in [0, 0.1) is 27.7 Å². The summed E-state index contributed by atoms with van der Waals surface area (Å²) in [5.74, 6) is 0. The van der Waals surface area contributed by atoms with E-state index in [1.165, 1.54) is 88.3 Å². The van der Waals surface area contributed by atoms with Gasteiger partial charge in [-0.1, -0.05) is 114 Å². The van der Waals surface area contributed by atoms with Crippen LogP contribution in [0.25, 0.3) is 66.1 Å². The molecular formula is C36H28. The Morgan fingerprint density at radius 1 is 0.389 bits per heavy atom. The molecule has 0 aliphatic heterocycles. The van der Waals surface area contributed by atoms with Crippen molar-refractivity contribution in [3.05, 3.63) is 119 Å². The monoisotopic (exact) mass is 460 g/mol. The lowest BCUT2D eigenvalue weighted by molar-refractivity contribution is 1.46. The van der Waals surface area contributed by atoms with Crippen LogP contribution < -0.4 is 0 Å². The molecule has 6 aromatic rings. The van der Waals surface area contributed by atoms with Gasteiger partial charge in [-0.3, -0.25) is 0 Å². The van der Waals surface area contributed by atoms with E-state index in [1.54, 1.807) is 0 Å². The maximum absolute atomic E-state index is 2.39. The molecule has 6 aromatic carbocycles. The Hall–Kier alpha value is -4.16. The number of fused-ring (bicyclic) bond motifs is 4. The molecule has 1 aliphatic rings. The summed E-state index contributed by atoms with van der Waals surface area (Å²) >= 11 is 0. The molecule has 0 unspecified atom stereocenters. The van der Waals surface area contributed by atoms with Crippen molar-refractivity contribution in [2.45, 2.75) is 27.7 Å². The molecule has 0 amide bonds. The number of hydrogen-bond donors (Lipinski definition) is 0. The second-order valence-electron chi connectivity index (χ2n) is 10.4. The predicted octanol–water partition coefficient (Wildman–Crippen LogP) is 10.2. The summed E-state index contributed by atoms with van der Waals surface area (Å²) in [5, 5.41) is 5.39. The Labute approximate surface area is 212 Å². The van der Waals surface area contributed by atoms with Gasteiger partial charge in [0.2, 0.25) is 0 Å². The van der Waals surface area contributed by atoms with Crippen molar-refractivity contribution in [2.24, 2.45) is 0 Å². The molecule has 0 heteroatoms. The van der Waals surface area contributed by atoms with Crippen LogP contribution in [0.3, 0.4) is 0 Å². The predicted molar refractivity (Wildman–Crippen MR) is 156 cm³/mol. The summed E-state index contributed by atoms with van der Waals surface area (Å²) in [7, 11) is 0. The van der Waals surface area contributed by atoms with Crippen LogP contribution in [-0.2, 0) is 0 Å². The van der Waals surface area contributed by atoms with E-state index in [4.69, 9.17) is 0 Å². The lowest BCUT2D eigenvalue weighted by atomic mass is 9.82. The van der Waals surface area contributed by atoms with Gasteiger partial charge in [-0.15, -0.1) is 0 Å². The molecule has 0 atom stereocenters. The molecular weight excluding hydrogens is 432 g/mol. The van der Waals surface area contributed by atoms with Crippen molar-refractivity contribution >= 4 is 21.5 Å². The fourth-order valence-corrected chi connectivity index (χ4v) is 6.15. The highest BCUT2D eigenvalue weighted by atomic mass is 14.3. The number of rotatable bonds is 2. The average Bonchev–Trinajstić information content (AvgIpc) is 3.21. The van der Waals surface area contributed by atoms with E-state index in [9.17, 15) is 0 Å². The quantitative estimate of drug-likeness (QED) is 0.241. The minimum Gasteiger partial charge on any atom is -0.0610 e. The molecule has 0 radical (unpaired) electrons. The van der Waals surface area contributed by atoms with Crippen LogP contribution in [0.2, 0.25) is 0 Å². The number of aryl methyl sites for hydroxylation is 4. The maximum atomic E-state index is 2.39. The lowest BCUT2D eigenvalue weighted by Gasteiger charge is -2.21. The van der Waals surface area contributed by atoms with Crippen molar-refractivity contribution in [3.8, 4) is 44.5 Å². The van der Waals surface area contributed by atoms with E-state index < -0.39 is 0 Å². The minimum absolute atomic E-state index is 1.28. The van der Waals surface area contributed by atoms with Crippen molar-refractivity contribution in [1.29, 1.82) is 0 Å². The third-order valence-electron chi connectivity index (χ3n) is 7.94. The molecule has 0 spiro atoms. The van der Waals surface area contributed by atoms with Gasteiger partial charge < -0.3 is 0 Å². The Bertz CT molecular complexity index is 1830. The first-order chi connectivity index (χ1) is 17.5. The highest BCUT2D eigenvalue weighted by Crippen LogP contribution is 2.57. The molecule has 7 rings (SSSR count). The lowest BCUT2D eigenvalue weighted by Crippen LogP contribution is -1.94. The largest absolute Gasteiger partial charge is 0.0610 e. The molecule has 0 saturated carbocycles. The molecule has 36 heavy (non-hydrogen) atoms. The zero-order valence-corrected chi connectivity index (χ0v) is 21.2. The smallest absolute Gasteiger partial charge is 0.000741 e. The van der Waals surface area contributed by atoms with Gasteiger partial charge in [-0.05, 0) is 99.3 Å². The van der Waals surface area contributed by atoms with E-state index >= 15 is 0 Å². The van der Waals surface area contributed by atoms with E-state index in [-0.39, 0.29) is 0 Å². The van der Waals surface area contributed by atoms with Crippen LogP contribution in [0.5, 0.6) is 0 Å². The van der Waals surface area contributed by atoms with Crippen LogP contribution in [-0.4, -0.2) is 0 Å². The molecule has 0 nitrogen and oxygen atoms in total. The van der Waals surface area contributed by atoms with E-state index in [0.29, 0.717) is 0 Å². The molecule has 0 aromatic heterocycles. The summed E-state index contributed by atoms with van der Waals surface area (Å²) in [6.45, 7) is 8.76. The van der Waals surface area contributed by atoms with Gasteiger partial charge in [0.05, 0.1) is 0 Å². The van der Waals surface area contributed by atoms with Gasteiger partial charge in [0, 0.05) is 0 Å². The van der Waals surface area contributed by atoms with Gasteiger partial charge in [0.15, 0.2) is 0 Å². The van der Waals surface area contributed by atoms with Gasteiger partial charge in [-0.25, -0.2) is 0 Å². The molecule has 0 N–H and O–H groups in total. The third kappa shape index (κ3) is 2.94. The molecule has 0 fully saturated rings. The van der Waals surface area contributed by atoms with Gasteiger partial charge in [0.25, 0.3) is 0 Å². The Morgan fingerprint density at radius 2 is 0.944 bits per heavy atom. The van der Waals surface area contributed by atoms with Crippen molar-refractivity contribution in [2.75, 3.05) is 0 Å². The fourth-order valence-electron chi connectivity index (χ4n) is 6.15. The second-order valence-corrected chi connectivity index (χ2v) is 10.4. The highest BCUT2D eigenvalue weighted by Gasteiger charge is 2.30. The SMILES string of the molecule is Cc1ccc(-c2c3c(c(-c4ccc(C)cc4)c4cc(C)ccc24)-c2ccc(C)c4cccc-3c24)cc1. The number of hydrogen-bond acceptors (Lipinski definition) is 0. The first-order valence-electron chi connectivity index (χ1n) is 12.8. The van der Waals surface area contributed by atoms with Crippen LogP contribution in [0.1, 0.15) is 22.3 Å². The van der Waals surface area contributed by atoms with E-state index in [0.717, 1.165) is 0 Å². The summed E-state index contributed by atoms with van der Waals surface area (Å²) < 4.78 is 0. The summed E-state index contributed by atoms with van der Waals surface area (Å²) in [5.41, 5.74) is 15.9. The number of benzene rings is 6. The first kappa shape index (κ1) is 21.1. The maximum Gasteiger partial charge on any atom is -0.000741 e. The molecule has 1 aliphatic carbocycles. The topological polar surface area (TPSA) is 0 Å². The Morgan fingerprint density at radius 3 is 1.58 bits per heavy atom. The third-order valence-corrected chi connectivity index (χ3v) is 7.94. The molecule has 0 heterocycles. The highest BCUT2D eigenvalue weighted by molar-refractivity contribution is 6.27. The van der Waals surface area contributed by atoms with E-state index in [2.05, 4.69) is 125 Å². The second kappa shape index (κ2) is 7.67. The van der Waals surface area contributed by atoms with Crippen LogP contribution in [0.4, 0.5) is 0 Å². The standard InChI is InChI=1S/C36H28/c1-21-8-14-25(15-9-21)32-28-18-12-23(3)20-31(28)33(26-16-10-22(2)11-17-26)36-30-19-13-24(4)27-6-5-7-29(34(27)30)35(32)36/h5-20H,1-4H3. The van der Waals surface area contributed by atoms with Gasteiger partial charge in [-0.2, -0.15) is 0 Å². The van der Waals surface area contributed by atoms with Gasteiger partial charge in [0.1, 0.15) is 0 Å². The normalized spacial score (nSPS) is 11.9. The Kier molecular flexibility index (Phi) is 4.51. The van der Waals surface area contributed by atoms with Crippen molar-refractivity contribution < 1.29 is 0 Å². The van der Waals surface area contributed by atoms with Gasteiger partial charge >= 0.3 is 0 Å². The molecule has 172 valence electrons. The van der Waals surface area contributed by atoms with Crippen molar-refractivity contribution in [3.63, 3.8) is 0 Å². The molecule has 0 saturated heterocycles.